The van der Waals surface area contributed by atoms with E-state index in [9.17, 15) is 4.39 Å². The van der Waals surface area contributed by atoms with Crippen molar-refractivity contribution >= 4 is 5.69 Å². The van der Waals surface area contributed by atoms with Crippen molar-refractivity contribution in [3.05, 3.63) is 24.0 Å². The van der Waals surface area contributed by atoms with E-state index in [4.69, 9.17) is 10.5 Å². The van der Waals surface area contributed by atoms with Crippen LogP contribution in [0.2, 0.25) is 0 Å². The standard InChI is InChI=1S/C13H19FN2O/c1-16-7-3-2-4-11(16)9-17-13-6-5-10(15)8-12(13)14/h5-6,8,11H,2-4,7,9,15H2,1H3/t11-/m1/s1. The smallest absolute Gasteiger partial charge is 0.167 e. The Balaban J connectivity index is 1.92. The number of nitrogen functional groups attached to an aromatic ring is 1. The van der Waals surface area contributed by atoms with Crippen molar-refractivity contribution in [3.8, 4) is 5.75 Å². The highest BCUT2D eigenvalue weighted by Crippen LogP contribution is 2.21. The van der Waals surface area contributed by atoms with Gasteiger partial charge in [-0.05, 0) is 38.6 Å². The van der Waals surface area contributed by atoms with Gasteiger partial charge in [-0.1, -0.05) is 6.42 Å². The highest BCUT2D eigenvalue weighted by Gasteiger charge is 2.19. The molecule has 1 aromatic carbocycles. The topological polar surface area (TPSA) is 38.5 Å². The number of halogens is 1. The molecule has 1 heterocycles. The fourth-order valence-corrected chi connectivity index (χ4v) is 2.17. The summed E-state index contributed by atoms with van der Waals surface area (Å²) in [4.78, 5) is 2.28. The van der Waals surface area contributed by atoms with Crippen LogP contribution in [0.4, 0.5) is 10.1 Å². The Morgan fingerprint density at radius 2 is 2.29 bits per heavy atom. The van der Waals surface area contributed by atoms with Gasteiger partial charge in [0, 0.05) is 17.8 Å². The van der Waals surface area contributed by atoms with Crippen LogP contribution in [0.15, 0.2) is 18.2 Å². The average molecular weight is 238 g/mol. The largest absolute Gasteiger partial charge is 0.489 e. The predicted octanol–water partition coefficient (Wildman–Crippen LogP) is 2.27. The molecule has 1 atom stereocenters. The van der Waals surface area contributed by atoms with E-state index in [0.29, 0.717) is 18.3 Å². The number of nitrogens with zero attached hydrogens (tertiary/aromatic N) is 1. The highest BCUT2D eigenvalue weighted by atomic mass is 19.1. The molecule has 0 aromatic heterocycles. The van der Waals surface area contributed by atoms with Crippen LogP contribution in [0, 0.1) is 5.82 Å². The Kier molecular flexibility index (Phi) is 3.84. The Morgan fingerprint density at radius 1 is 1.47 bits per heavy atom. The number of ether oxygens (including phenoxy) is 1. The first kappa shape index (κ1) is 12.2. The van der Waals surface area contributed by atoms with Gasteiger partial charge in [0.15, 0.2) is 11.6 Å². The van der Waals surface area contributed by atoms with Gasteiger partial charge < -0.3 is 15.4 Å². The van der Waals surface area contributed by atoms with Crippen LogP contribution in [0.25, 0.3) is 0 Å². The van der Waals surface area contributed by atoms with E-state index in [1.165, 1.54) is 18.9 Å². The number of hydrogen-bond acceptors (Lipinski definition) is 3. The van der Waals surface area contributed by atoms with Gasteiger partial charge in [0.25, 0.3) is 0 Å². The molecule has 0 aliphatic carbocycles. The first-order chi connectivity index (χ1) is 8.16. The molecule has 1 aliphatic rings. The lowest BCUT2D eigenvalue weighted by Crippen LogP contribution is -2.40. The number of piperidine rings is 1. The van der Waals surface area contributed by atoms with Crippen LogP contribution in [0.3, 0.4) is 0 Å². The van der Waals surface area contributed by atoms with E-state index in [2.05, 4.69) is 11.9 Å². The molecule has 1 saturated heterocycles. The number of benzene rings is 1. The van der Waals surface area contributed by atoms with E-state index >= 15 is 0 Å². The van der Waals surface area contributed by atoms with Gasteiger partial charge >= 0.3 is 0 Å². The van der Waals surface area contributed by atoms with Crippen molar-refractivity contribution in [1.82, 2.24) is 4.90 Å². The molecule has 2 rings (SSSR count). The third kappa shape index (κ3) is 3.09. The highest BCUT2D eigenvalue weighted by molar-refractivity contribution is 5.42. The number of likely N-dealkylation sites (tertiary alicyclic amines) is 1. The molecule has 0 spiro atoms. The third-order valence-electron chi connectivity index (χ3n) is 3.31. The SMILES string of the molecule is CN1CCCC[C@@H]1COc1ccc(N)cc1F. The molecule has 0 amide bonds. The lowest BCUT2D eigenvalue weighted by Gasteiger charge is -2.32. The van der Waals surface area contributed by atoms with Gasteiger partial charge in [-0.3, -0.25) is 0 Å². The maximum atomic E-state index is 13.5. The van der Waals surface area contributed by atoms with Gasteiger partial charge in [0.05, 0.1) is 0 Å². The van der Waals surface area contributed by atoms with Gasteiger partial charge in [-0.25, -0.2) is 4.39 Å². The van der Waals surface area contributed by atoms with Crippen LogP contribution < -0.4 is 10.5 Å². The number of likely N-dealkylation sites (N-methyl/N-ethyl adjacent to an activating group) is 1. The number of rotatable bonds is 3. The zero-order valence-corrected chi connectivity index (χ0v) is 10.2. The van der Waals surface area contributed by atoms with Crippen LogP contribution in [-0.2, 0) is 0 Å². The Morgan fingerprint density at radius 3 is 3.00 bits per heavy atom. The number of anilines is 1. The molecule has 4 heteroatoms. The Hall–Kier alpha value is -1.29. The Bertz CT molecular complexity index is 384. The summed E-state index contributed by atoms with van der Waals surface area (Å²) in [6, 6.07) is 4.93. The van der Waals surface area contributed by atoms with Crippen LogP contribution in [0.5, 0.6) is 5.75 Å². The summed E-state index contributed by atoms with van der Waals surface area (Å²) in [6.45, 7) is 1.63. The predicted molar refractivity (Wildman–Crippen MR) is 66.6 cm³/mol. The minimum absolute atomic E-state index is 0.290. The minimum atomic E-state index is -0.386. The molecule has 2 N–H and O–H groups in total. The van der Waals surface area contributed by atoms with Crippen LogP contribution >= 0.6 is 0 Å². The van der Waals surface area contributed by atoms with E-state index in [0.717, 1.165) is 13.0 Å². The van der Waals surface area contributed by atoms with Crippen molar-refractivity contribution < 1.29 is 9.13 Å². The summed E-state index contributed by atoms with van der Waals surface area (Å²) in [6.07, 6.45) is 3.58. The summed E-state index contributed by atoms with van der Waals surface area (Å²) in [7, 11) is 2.09. The second kappa shape index (κ2) is 5.36. The fourth-order valence-electron chi connectivity index (χ4n) is 2.17. The zero-order valence-electron chi connectivity index (χ0n) is 10.2. The molecule has 3 nitrogen and oxygen atoms in total. The molecule has 1 fully saturated rings. The van der Waals surface area contributed by atoms with Gasteiger partial charge in [-0.2, -0.15) is 0 Å². The van der Waals surface area contributed by atoms with Crippen molar-refractivity contribution in [3.63, 3.8) is 0 Å². The quantitative estimate of drug-likeness (QED) is 0.821. The summed E-state index contributed by atoms with van der Waals surface area (Å²) in [5.41, 5.74) is 5.91. The number of nitrogens with two attached hydrogens (primary N) is 1. The van der Waals surface area contributed by atoms with Gasteiger partial charge in [0.2, 0.25) is 0 Å². The van der Waals surface area contributed by atoms with Crippen molar-refractivity contribution in [2.45, 2.75) is 25.3 Å². The Labute approximate surface area is 101 Å². The van der Waals surface area contributed by atoms with E-state index < -0.39 is 0 Å². The molecule has 0 bridgehead atoms. The lowest BCUT2D eigenvalue weighted by atomic mass is 10.0. The number of hydrogen-bond donors (Lipinski definition) is 1. The third-order valence-corrected chi connectivity index (χ3v) is 3.31. The average Bonchev–Trinajstić information content (AvgIpc) is 2.30. The molecular weight excluding hydrogens is 219 g/mol. The lowest BCUT2D eigenvalue weighted by molar-refractivity contribution is 0.123. The molecule has 1 aliphatic heterocycles. The summed E-state index contributed by atoms with van der Waals surface area (Å²) < 4.78 is 19.0. The van der Waals surface area contributed by atoms with E-state index in [1.54, 1.807) is 12.1 Å². The van der Waals surface area contributed by atoms with Crippen molar-refractivity contribution in [2.24, 2.45) is 0 Å². The maximum absolute atomic E-state index is 13.5. The minimum Gasteiger partial charge on any atom is -0.489 e. The van der Waals surface area contributed by atoms with Gasteiger partial charge in [-0.15, -0.1) is 0 Å². The molecule has 0 saturated carbocycles. The normalized spacial score (nSPS) is 21.4. The molecule has 0 unspecified atom stereocenters. The van der Waals surface area contributed by atoms with Gasteiger partial charge in [0.1, 0.15) is 6.61 Å². The summed E-state index contributed by atoms with van der Waals surface area (Å²) in [5.74, 6) is -0.0957. The summed E-state index contributed by atoms with van der Waals surface area (Å²) >= 11 is 0. The zero-order chi connectivity index (χ0) is 12.3. The summed E-state index contributed by atoms with van der Waals surface area (Å²) in [5, 5.41) is 0. The molecule has 94 valence electrons. The molecule has 0 radical (unpaired) electrons. The molecule has 1 aromatic rings. The monoisotopic (exact) mass is 238 g/mol. The second-order valence-electron chi connectivity index (χ2n) is 4.63. The molecular formula is C13H19FN2O. The molecule has 17 heavy (non-hydrogen) atoms. The fraction of sp³-hybridized carbons (Fsp3) is 0.538. The van der Waals surface area contributed by atoms with E-state index in [-0.39, 0.29) is 11.6 Å². The van der Waals surface area contributed by atoms with Crippen LogP contribution in [-0.4, -0.2) is 31.1 Å². The van der Waals surface area contributed by atoms with Crippen molar-refractivity contribution in [2.75, 3.05) is 25.9 Å². The first-order valence-corrected chi connectivity index (χ1v) is 6.05. The maximum Gasteiger partial charge on any atom is 0.167 e. The van der Waals surface area contributed by atoms with E-state index in [1.807, 2.05) is 0 Å². The second-order valence-corrected chi connectivity index (χ2v) is 4.63. The van der Waals surface area contributed by atoms with Crippen molar-refractivity contribution in [1.29, 1.82) is 0 Å². The van der Waals surface area contributed by atoms with Crippen LogP contribution in [0.1, 0.15) is 19.3 Å². The first-order valence-electron chi connectivity index (χ1n) is 6.05.